The number of aryl methyl sites for hydroxylation is 2. The van der Waals surface area contributed by atoms with Crippen molar-refractivity contribution in [1.82, 2.24) is 15.2 Å². The smallest absolute Gasteiger partial charge is 0.306 e. The molecule has 0 aliphatic carbocycles. The van der Waals surface area contributed by atoms with Crippen LogP contribution in [0.25, 0.3) is 22.4 Å². The molecule has 0 amide bonds. The molecule has 0 saturated carbocycles. The highest BCUT2D eigenvalue weighted by Gasteiger charge is 2.19. The third-order valence-electron chi connectivity index (χ3n) is 4.90. The van der Waals surface area contributed by atoms with Gasteiger partial charge in [0.1, 0.15) is 0 Å². The molecule has 2 heterocycles. The van der Waals surface area contributed by atoms with Gasteiger partial charge in [-0.25, -0.2) is 0 Å². The van der Waals surface area contributed by atoms with Gasteiger partial charge in [0.2, 0.25) is 5.89 Å². The van der Waals surface area contributed by atoms with Crippen molar-refractivity contribution in [3.63, 3.8) is 0 Å². The number of nitrogens with zero attached hydrogens (tertiary/aromatic N) is 2. The molecule has 148 valence electrons. The second kappa shape index (κ2) is 8.31. The number of para-hydroxylation sites is 1. The maximum Gasteiger partial charge on any atom is 0.306 e. The Labute approximate surface area is 168 Å². The van der Waals surface area contributed by atoms with E-state index < -0.39 is 6.10 Å². The molecule has 2 aromatic carbocycles. The maximum atomic E-state index is 12.2. The van der Waals surface area contributed by atoms with Crippen molar-refractivity contribution in [1.29, 1.82) is 0 Å². The lowest BCUT2D eigenvalue weighted by molar-refractivity contribution is -0.149. The molecule has 0 unspecified atom stereocenters. The number of hydrogen-bond acceptors (Lipinski definition) is 5. The van der Waals surface area contributed by atoms with E-state index in [2.05, 4.69) is 21.2 Å². The van der Waals surface area contributed by atoms with Crippen LogP contribution in [0.15, 0.2) is 59.1 Å². The van der Waals surface area contributed by atoms with E-state index in [-0.39, 0.29) is 5.97 Å². The molecule has 0 saturated heterocycles. The van der Waals surface area contributed by atoms with E-state index in [0.717, 1.165) is 23.1 Å². The molecule has 1 atom stereocenters. The van der Waals surface area contributed by atoms with E-state index in [1.807, 2.05) is 55.6 Å². The third kappa shape index (κ3) is 4.37. The van der Waals surface area contributed by atoms with Crippen LogP contribution in [0.3, 0.4) is 0 Å². The highest BCUT2D eigenvalue weighted by Crippen LogP contribution is 2.24. The molecule has 1 N–H and O–H groups in total. The minimum Gasteiger partial charge on any atom is -0.453 e. The van der Waals surface area contributed by atoms with Crippen LogP contribution in [0.4, 0.5) is 0 Å². The first-order chi connectivity index (χ1) is 14.1. The Morgan fingerprint density at radius 2 is 1.93 bits per heavy atom. The maximum absolute atomic E-state index is 12.2. The van der Waals surface area contributed by atoms with Crippen molar-refractivity contribution in [3.05, 3.63) is 71.7 Å². The average molecular weight is 389 g/mol. The van der Waals surface area contributed by atoms with Crippen LogP contribution in [0.5, 0.6) is 0 Å². The number of hydrogen-bond donors (Lipinski definition) is 1. The Balaban J connectivity index is 1.30. The summed E-state index contributed by atoms with van der Waals surface area (Å²) in [6, 6.07) is 16.0. The number of rotatable bonds is 7. The number of fused-ring (bicyclic) bond motifs is 1. The Morgan fingerprint density at radius 1 is 1.14 bits per heavy atom. The predicted molar refractivity (Wildman–Crippen MR) is 110 cm³/mol. The lowest BCUT2D eigenvalue weighted by Gasteiger charge is -2.09. The minimum absolute atomic E-state index is 0.271. The first-order valence-electron chi connectivity index (χ1n) is 9.75. The molecule has 0 bridgehead atoms. The molecule has 6 nitrogen and oxygen atoms in total. The number of H-pyrrole nitrogens is 1. The second-order valence-corrected chi connectivity index (χ2v) is 7.16. The van der Waals surface area contributed by atoms with Gasteiger partial charge in [0.25, 0.3) is 5.89 Å². The zero-order valence-corrected chi connectivity index (χ0v) is 16.5. The summed E-state index contributed by atoms with van der Waals surface area (Å²) in [6.07, 6.45) is 3.28. The van der Waals surface area contributed by atoms with Gasteiger partial charge in [-0.05, 0) is 50.5 Å². The number of carbonyl (C=O) groups is 1. The Kier molecular flexibility index (Phi) is 5.42. The van der Waals surface area contributed by atoms with Crippen molar-refractivity contribution in [2.45, 2.75) is 39.2 Å². The lowest BCUT2D eigenvalue weighted by atomic mass is 10.1. The summed E-state index contributed by atoms with van der Waals surface area (Å²) in [4.78, 5) is 15.5. The number of benzene rings is 2. The summed E-state index contributed by atoms with van der Waals surface area (Å²) in [5.74, 6) is 0.445. The normalized spacial score (nSPS) is 12.2. The van der Waals surface area contributed by atoms with Gasteiger partial charge in [0, 0.05) is 29.1 Å². The first-order valence-corrected chi connectivity index (χ1v) is 9.75. The van der Waals surface area contributed by atoms with Gasteiger partial charge < -0.3 is 14.1 Å². The Bertz CT molecular complexity index is 1110. The van der Waals surface area contributed by atoms with Crippen molar-refractivity contribution in [2.75, 3.05) is 0 Å². The predicted octanol–water partition coefficient (Wildman–Crippen LogP) is 5.15. The van der Waals surface area contributed by atoms with Crippen LogP contribution < -0.4 is 0 Å². The number of carbonyl (C=O) groups excluding carboxylic acids is 1. The zero-order valence-electron chi connectivity index (χ0n) is 16.5. The largest absolute Gasteiger partial charge is 0.453 e. The zero-order chi connectivity index (χ0) is 20.2. The highest BCUT2D eigenvalue weighted by atomic mass is 16.6. The fourth-order valence-corrected chi connectivity index (χ4v) is 3.28. The highest BCUT2D eigenvalue weighted by molar-refractivity contribution is 5.83. The van der Waals surface area contributed by atoms with Crippen molar-refractivity contribution < 1.29 is 13.9 Å². The summed E-state index contributed by atoms with van der Waals surface area (Å²) in [7, 11) is 0. The molecule has 4 rings (SSSR count). The number of aromatic nitrogens is 3. The van der Waals surface area contributed by atoms with Gasteiger partial charge in [-0.2, -0.15) is 0 Å². The SMILES string of the molecule is Cc1ccc(-c2nnc([C@H](C)OC(=O)CCCc3c[nH]c4ccccc34)o2)cc1. The second-order valence-electron chi connectivity index (χ2n) is 7.16. The molecule has 0 spiro atoms. The van der Waals surface area contributed by atoms with E-state index in [0.29, 0.717) is 24.6 Å². The number of esters is 1. The van der Waals surface area contributed by atoms with Gasteiger partial charge in [-0.15, -0.1) is 10.2 Å². The Morgan fingerprint density at radius 3 is 2.76 bits per heavy atom. The van der Waals surface area contributed by atoms with E-state index >= 15 is 0 Å². The van der Waals surface area contributed by atoms with Crippen LogP contribution in [0, 0.1) is 6.92 Å². The van der Waals surface area contributed by atoms with Crippen molar-refractivity contribution in [3.8, 4) is 11.5 Å². The summed E-state index contributed by atoms with van der Waals surface area (Å²) < 4.78 is 11.1. The molecular weight excluding hydrogens is 366 g/mol. The van der Waals surface area contributed by atoms with Gasteiger partial charge in [0.15, 0.2) is 6.10 Å². The average Bonchev–Trinajstić information content (AvgIpc) is 3.36. The summed E-state index contributed by atoms with van der Waals surface area (Å²) in [6.45, 7) is 3.76. The molecular formula is C23H23N3O3. The van der Waals surface area contributed by atoms with E-state index in [9.17, 15) is 4.79 Å². The van der Waals surface area contributed by atoms with E-state index in [4.69, 9.17) is 9.15 Å². The monoisotopic (exact) mass is 389 g/mol. The van der Waals surface area contributed by atoms with E-state index in [1.54, 1.807) is 6.92 Å². The summed E-state index contributed by atoms with van der Waals surface area (Å²) in [5.41, 5.74) is 4.32. The van der Waals surface area contributed by atoms with Gasteiger partial charge in [-0.3, -0.25) is 4.79 Å². The summed E-state index contributed by atoms with van der Waals surface area (Å²) >= 11 is 0. The third-order valence-corrected chi connectivity index (χ3v) is 4.90. The lowest BCUT2D eigenvalue weighted by Crippen LogP contribution is -2.09. The quantitative estimate of drug-likeness (QED) is 0.442. The number of aromatic amines is 1. The Hall–Kier alpha value is -3.41. The molecule has 0 aliphatic heterocycles. The molecule has 4 aromatic rings. The van der Waals surface area contributed by atoms with Crippen LogP contribution in [-0.4, -0.2) is 21.2 Å². The first kappa shape index (κ1) is 18.9. The molecule has 0 radical (unpaired) electrons. The van der Waals surface area contributed by atoms with Crippen LogP contribution in [0.2, 0.25) is 0 Å². The number of ether oxygens (including phenoxy) is 1. The fourth-order valence-electron chi connectivity index (χ4n) is 3.28. The van der Waals surface area contributed by atoms with Crippen LogP contribution in [0.1, 0.15) is 42.9 Å². The standard InChI is InChI=1S/C23H23N3O3/c1-15-10-12-17(13-11-15)23-26-25-22(29-23)16(2)28-21(27)9-5-6-18-14-24-20-8-4-3-7-19(18)20/h3-4,7-8,10-14,16,24H,5-6,9H2,1-2H3/t16-/m0/s1. The van der Waals surface area contributed by atoms with Crippen molar-refractivity contribution in [2.24, 2.45) is 0 Å². The molecule has 29 heavy (non-hydrogen) atoms. The van der Waals surface area contributed by atoms with Gasteiger partial charge in [-0.1, -0.05) is 35.9 Å². The summed E-state index contributed by atoms with van der Waals surface area (Å²) in [5, 5.41) is 9.28. The van der Waals surface area contributed by atoms with Gasteiger partial charge in [0.05, 0.1) is 0 Å². The molecule has 6 heteroatoms. The van der Waals surface area contributed by atoms with Gasteiger partial charge >= 0.3 is 5.97 Å². The fraction of sp³-hybridized carbons (Fsp3) is 0.261. The van der Waals surface area contributed by atoms with Crippen LogP contribution in [-0.2, 0) is 16.0 Å². The molecule has 2 aromatic heterocycles. The topological polar surface area (TPSA) is 81.0 Å². The van der Waals surface area contributed by atoms with E-state index in [1.165, 1.54) is 10.9 Å². The molecule has 0 fully saturated rings. The minimum atomic E-state index is -0.581. The van der Waals surface area contributed by atoms with Crippen LogP contribution >= 0.6 is 0 Å². The molecule has 0 aliphatic rings. The van der Waals surface area contributed by atoms with Crippen molar-refractivity contribution >= 4 is 16.9 Å². The number of nitrogens with one attached hydrogen (secondary N) is 1.